The molecule has 2 aromatic heterocycles. The molecular formula is C22H28N6S. The van der Waals surface area contributed by atoms with Crippen molar-refractivity contribution in [2.24, 2.45) is 0 Å². The lowest BCUT2D eigenvalue weighted by Crippen LogP contribution is -2.47. The fourth-order valence-corrected chi connectivity index (χ4v) is 4.12. The van der Waals surface area contributed by atoms with Crippen LogP contribution in [0.25, 0.3) is 11.4 Å². The molecule has 152 valence electrons. The van der Waals surface area contributed by atoms with Crippen molar-refractivity contribution in [3.05, 3.63) is 59.1 Å². The van der Waals surface area contributed by atoms with Gasteiger partial charge in [0.2, 0.25) is 0 Å². The molecule has 1 aliphatic rings. The quantitative estimate of drug-likeness (QED) is 0.577. The van der Waals surface area contributed by atoms with E-state index in [4.69, 9.17) is 17.3 Å². The molecule has 0 radical (unpaired) electrons. The van der Waals surface area contributed by atoms with Crippen molar-refractivity contribution < 1.29 is 0 Å². The van der Waals surface area contributed by atoms with Crippen LogP contribution in [0.1, 0.15) is 18.9 Å². The van der Waals surface area contributed by atoms with Crippen LogP contribution in [0.3, 0.4) is 0 Å². The normalized spacial score (nSPS) is 15.0. The topological polar surface area (TPSA) is 42.1 Å². The van der Waals surface area contributed by atoms with Gasteiger partial charge in [0.15, 0.2) is 10.6 Å². The lowest BCUT2D eigenvalue weighted by atomic mass is 10.1. The van der Waals surface area contributed by atoms with E-state index < -0.39 is 0 Å². The van der Waals surface area contributed by atoms with Crippen LogP contribution in [0.4, 0.5) is 5.69 Å². The second-order valence-electron chi connectivity index (χ2n) is 7.58. The lowest BCUT2D eigenvalue weighted by Gasteiger charge is -2.35. The van der Waals surface area contributed by atoms with Gasteiger partial charge >= 0.3 is 0 Å². The molecule has 6 nitrogen and oxygen atoms in total. The van der Waals surface area contributed by atoms with Gasteiger partial charge in [0.25, 0.3) is 0 Å². The van der Waals surface area contributed by atoms with Crippen LogP contribution in [0.2, 0.25) is 0 Å². The van der Waals surface area contributed by atoms with Crippen LogP contribution in [0.5, 0.6) is 0 Å². The van der Waals surface area contributed by atoms with E-state index in [1.165, 1.54) is 11.3 Å². The zero-order valence-electron chi connectivity index (χ0n) is 17.2. The number of aromatic nitrogens is 4. The van der Waals surface area contributed by atoms with E-state index in [-0.39, 0.29) is 0 Å². The molecule has 1 aliphatic heterocycles. The second kappa shape index (κ2) is 8.88. The van der Waals surface area contributed by atoms with Crippen molar-refractivity contribution >= 4 is 17.9 Å². The van der Waals surface area contributed by atoms with Crippen molar-refractivity contribution in [3.63, 3.8) is 0 Å². The van der Waals surface area contributed by atoms with Crippen LogP contribution in [0.15, 0.2) is 48.8 Å². The number of hydrogen-bond acceptors (Lipinski definition) is 5. The summed E-state index contributed by atoms with van der Waals surface area (Å²) in [6, 6.07) is 12.6. The summed E-state index contributed by atoms with van der Waals surface area (Å²) in [7, 11) is 0. The number of rotatable bonds is 6. The Hall–Kier alpha value is -2.51. The molecule has 0 spiro atoms. The van der Waals surface area contributed by atoms with E-state index in [0.29, 0.717) is 0 Å². The second-order valence-corrected chi connectivity index (χ2v) is 7.94. The predicted octanol–water partition coefficient (Wildman–Crippen LogP) is 3.97. The third kappa shape index (κ3) is 4.41. The Balaban J connectivity index is 1.51. The Labute approximate surface area is 177 Å². The minimum Gasteiger partial charge on any atom is -0.369 e. The van der Waals surface area contributed by atoms with Gasteiger partial charge in [-0.3, -0.25) is 14.5 Å². The smallest absolute Gasteiger partial charge is 0.199 e. The number of hydrogen-bond donors (Lipinski definition) is 0. The summed E-state index contributed by atoms with van der Waals surface area (Å²) in [6.45, 7) is 9.89. The number of aryl methyl sites for hydroxylation is 1. The largest absolute Gasteiger partial charge is 0.369 e. The number of nitrogens with zero attached hydrogens (tertiary/aromatic N) is 6. The average Bonchev–Trinajstić information content (AvgIpc) is 3.05. The molecule has 1 aromatic carbocycles. The van der Waals surface area contributed by atoms with Crippen LogP contribution >= 0.6 is 12.2 Å². The molecule has 3 aromatic rings. The minimum atomic E-state index is 0.735. The molecule has 1 fully saturated rings. The highest BCUT2D eigenvalue weighted by Crippen LogP contribution is 2.21. The molecule has 0 N–H and O–H groups in total. The molecule has 0 amide bonds. The van der Waals surface area contributed by atoms with Gasteiger partial charge in [0.05, 0.1) is 6.67 Å². The summed E-state index contributed by atoms with van der Waals surface area (Å²) in [5.41, 5.74) is 3.61. The molecule has 0 atom stereocenters. The molecular weight excluding hydrogens is 380 g/mol. The standard InChI is InChI=1S/C22H28N6S/c1-3-11-27-21(19-6-4-5-18(2)16-19)24-28(22(27)29)17-25-12-14-26(15-13-25)20-7-9-23-10-8-20/h4-10,16H,3,11-15,17H2,1-2H3. The summed E-state index contributed by atoms with van der Waals surface area (Å²) < 4.78 is 4.97. The van der Waals surface area contributed by atoms with Gasteiger partial charge in [0.1, 0.15) is 0 Å². The van der Waals surface area contributed by atoms with Crippen LogP contribution in [0, 0.1) is 11.7 Å². The van der Waals surface area contributed by atoms with Crippen molar-refractivity contribution in [2.75, 3.05) is 31.1 Å². The Morgan fingerprint density at radius 2 is 1.79 bits per heavy atom. The summed E-state index contributed by atoms with van der Waals surface area (Å²) in [4.78, 5) is 8.95. The monoisotopic (exact) mass is 408 g/mol. The van der Waals surface area contributed by atoms with E-state index in [1.54, 1.807) is 0 Å². The van der Waals surface area contributed by atoms with E-state index >= 15 is 0 Å². The number of benzene rings is 1. The SMILES string of the molecule is CCCn1c(-c2cccc(C)c2)nn(CN2CCN(c3ccncc3)CC2)c1=S. The highest BCUT2D eigenvalue weighted by atomic mass is 32.1. The molecule has 0 aliphatic carbocycles. The predicted molar refractivity (Wildman–Crippen MR) is 120 cm³/mol. The maximum atomic E-state index is 5.80. The molecule has 4 rings (SSSR count). The Morgan fingerprint density at radius 3 is 2.48 bits per heavy atom. The highest BCUT2D eigenvalue weighted by molar-refractivity contribution is 7.71. The van der Waals surface area contributed by atoms with Gasteiger partial charge in [0, 0.05) is 56.4 Å². The van der Waals surface area contributed by atoms with E-state index in [1.807, 2.05) is 17.1 Å². The first-order valence-corrected chi connectivity index (χ1v) is 10.7. The van der Waals surface area contributed by atoms with Crippen molar-refractivity contribution in [3.8, 4) is 11.4 Å². The molecule has 0 saturated carbocycles. The summed E-state index contributed by atoms with van der Waals surface area (Å²) in [5, 5.41) is 4.92. The maximum Gasteiger partial charge on any atom is 0.199 e. The zero-order chi connectivity index (χ0) is 20.2. The first kappa shape index (κ1) is 19.8. The van der Waals surface area contributed by atoms with E-state index in [0.717, 1.165) is 62.0 Å². The van der Waals surface area contributed by atoms with E-state index in [2.05, 4.69) is 69.6 Å². The molecule has 0 bridgehead atoms. The van der Waals surface area contributed by atoms with Gasteiger partial charge in [-0.15, -0.1) is 0 Å². The maximum absolute atomic E-state index is 5.80. The number of pyridine rings is 1. The summed E-state index contributed by atoms with van der Waals surface area (Å²) in [5.74, 6) is 0.968. The zero-order valence-corrected chi connectivity index (χ0v) is 18.0. The molecule has 29 heavy (non-hydrogen) atoms. The van der Waals surface area contributed by atoms with Crippen molar-refractivity contribution in [1.82, 2.24) is 24.2 Å². The van der Waals surface area contributed by atoms with Gasteiger partial charge in [-0.1, -0.05) is 30.7 Å². The van der Waals surface area contributed by atoms with E-state index in [9.17, 15) is 0 Å². The average molecular weight is 409 g/mol. The minimum absolute atomic E-state index is 0.735. The molecule has 3 heterocycles. The van der Waals surface area contributed by atoms with Gasteiger partial charge in [-0.25, -0.2) is 4.68 Å². The first-order valence-electron chi connectivity index (χ1n) is 10.3. The van der Waals surface area contributed by atoms with Crippen molar-refractivity contribution in [1.29, 1.82) is 0 Å². The fourth-order valence-electron chi connectivity index (χ4n) is 3.85. The highest BCUT2D eigenvalue weighted by Gasteiger charge is 2.19. The third-order valence-corrected chi connectivity index (χ3v) is 5.81. The van der Waals surface area contributed by atoms with Crippen LogP contribution < -0.4 is 4.90 Å². The number of anilines is 1. The first-order chi connectivity index (χ1) is 14.2. The third-order valence-electron chi connectivity index (χ3n) is 5.38. The molecule has 1 saturated heterocycles. The Kier molecular flexibility index (Phi) is 6.06. The molecule has 0 unspecified atom stereocenters. The van der Waals surface area contributed by atoms with Crippen molar-refractivity contribution in [2.45, 2.75) is 33.5 Å². The summed E-state index contributed by atoms with van der Waals surface area (Å²) >= 11 is 5.80. The number of piperazine rings is 1. The van der Waals surface area contributed by atoms with Gasteiger partial charge in [-0.05, 0) is 43.8 Å². The van der Waals surface area contributed by atoms with Gasteiger partial charge < -0.3 is 4.90 Å². The van der Waals surface area contributed by atoms with Crippen LogP contribution in [-0.4, -0.2) is 50.4 Å². The van der Waals surface area contributed by atoms with Gasteiger partial charge in [-0.2, -0.15) is 5.10 Å². The fraction of sp³-hybridized carbons (Fsp3) is 0.409. The Bertz CT molecular complexity index is 1000. The lowest BCUT2D eigenvalue weighted by molar-refractivity contribution is 0.194. The van der Waals surface area contributed by atoms with Crippen LogP contribution in [-0.2, 0) is 13.2 Å². The Morgan fingerprint density at radius 1 is 1.03 bits per heavy atom. The summed E-state index contributed by atoms with van der Waals surface area (Å²) in [6.07, 6.45) is 4.74. The molecule has 7 heteroatoms.